The minimum Gasteiger partial charge on any atom is -0.447 e. The molecule has 0 aromatic carbocycles. The second-order valence-electron chi connectivity index (χ2n) is 5.15. The zero-order valence-corrected chi connectivity index (χ0v) is 13.1. The molecule has 1 aromatic heterocycles. The van der Waals surface area contributed by atoms with Crippen molar-refractivity contribution in [2.24, 2.45) is 0 Å². The molecular weight excluding hydrogens is 308 g/mol. The molecule has 22 heavy (non-hydrogen) atoms. The Morgan fingerprint density at radius 1 is 1.55 bits per heavy atom. The quantitative estimate of drug-likeness (QED) is 0.599. The SMILES string of the molecule is Cc1nc(SCCNC(=O)N2CCN3C(=O)OC[C@@H]3C2)n[nH]1. The number of piperazine rings is 1. The monoisotopic (exact) mass is 326 g/mol. The molecule has 0 spiro atoms. The smallest absolute Gasteiger partial charge is 0.410 e. The molecule has 0 saturated carbocycles. The third-order valence-corrected chi connectivity index (χ3v) is 4.44. The molecular formula is C12H18N6O3S. The van der Waals surface area contributed by atoms with Crippen molar-refractivity contribution in [2.75, 3.05) is 38.5 Å². The van der Waals surface area contributed by atoms with Gasteiger partial charge in [0.05, 0.1) is 6.04 Å². The summed E-state index contributed by atoms with van der Waals surface area (Å²) >= 11 is 1.49. The van der Waals surface area contributed by atoms with Crippen LogP contribution in [0.4, 0.5) is 9.59 Å². The zero-order chi connectivity index (χ0) is 15.5. The highest BCUT2D eigenvalue weighted by Gasteiger charge is 2.38. The summed E-state index contributed by atoms with van der Waals surface area (Å²) in [5.41, 5.74) is 0. The topological polar surface area (TPSA) is 103 Å². The van der Waals surface area contributed by atoms with Crippen LogP contribution in [0, 0.1) is 6.92 Å². The van der Waals surface area contributed by atoms with E-state index in [9.17, 15) is 9.59 Å². The van der Waals surface area contributed by atoms with Crippen LogP contribution in [-0.2, 0) is 4.74 Å². The fourth-order valence-corrected chi connectivity index (χ4v) is 3.17. The molecule has 0 bridgehead atoms. The van der Waals surface area contributed by atoms with E-state index >= 15 is 0 Å². The van der Waals surface area contributed by atoms with Gasteiger partial charge in [-0.05, 0) is 6.92 Å². The first-order valence-electron chi connectivity index (χ1n) is 7.11. The number of carbonyl (C=O) groups is 2. The number of rotatable bonds is 4. The molecule has 1 aromatic rings. The van der Waals surface area contributed by atoms with E-state index in [0.29, 0.717) is 43.7 Å². The molecule has 9 nitrogen and oxygen atoms in total. The van der Waals surface area contributed by atoms with Crippen molar-refractivity contribution in [2.45, 2.75) is 18.1 Å². The summed E-state index contributed by atoms with van der Waals surface area (Å²) in [5, 5.41) is 10.4. The minimum atomic E-state index is -0.275. The number of urea groups is 1. The van der Waals surface area contributed by atoms with Gasteiger partial charge in [-0.2, -0.15) is 0 Å². The fourth-order valence-electron chi connectivity index (χ4n) is 2.47. The van der Waals surface area contributed by atoms with E-state index < -0.39 is 0 Å². The van der Waals surface area contributed by atoms with E-state index in [1.54, 1.807) is 9.80 Å². The maximum Gasteiger partial charge on any atom is 0.410 e. The van der Waals surface area contributed by atoms with E-state index in [0.717, 1.165) is 5.82 Å². The average molecular weight is 326 g/mol. The number of cyclic esters (lactones) is 1. The lowest BCUT2D eigenvalue weighted by molar-refractivity contribution is 0.127. The Hall–Kier alpha value is -1.97. The van der Waals surface area contributed by atoms with Crippen molar-refractivity contribution in [1.29, 1.82) is 0 Å². The van der Waals surface area contributed by atoms with Gasteiger partial charge in [0.15, 0.2) is 0 Å². The summed E-state index contributed by atoms with van der Waals surface area (Å²) in [5.74, 6) is 1.48. The molecule has 0 radical (unpaired) electrons. The van der Waals surface area contributed by atoms with Gasteiger partial charge in [-0.25, -0.2) is 14.6 Å². The van der Waals surface area contributed by atoms with Gasteiger partial charge in [0.25, 0.3) is 0 Å². The number of aryl methyl sites for hydroxylation is 1. The van der Waals surface area contributed by atoms with Crippen LogP contribution in [-0.4, -0.2) is 81.7 Å². The number of H-pyrrole nitrogens is 1. The Kier molecular flexibility index (Phi) is 4.36. The summed E-state index contributed by atoms with van der Waals surface area (Å²) in [7, 11) is 0. The molecule has 3 heterocycles. The predicted molar refractivity (Wildman–Crippen MR) is 78.7 cm³/mol. The van der Waals surface area contributed by atoms with Crippen LogP contribution in [0.3, 0.4) is 0 Å². The normalized spacial score (nSPS) is 20.8. The third kappa shape index (κ3) is 3.26. The number of hydrogen-bond donors (Lipinski definition) is 2. The Bertz CT molecular complexity index is 565. The lowest BCUT2D eigenvalue weighted by Crippen LogP contribution is -2.56. The van der Waals surface area contributed by atoms with E-state index in [-0.39, 0.29) is 18.2 Å². The molecule has 10 heteroatoms. The van der Waals surface area contributed by atoms with Gasteiger partial charge in [-0.1, -0.05) is 11.8 Å². The van der Waals surface area contributed by atoms with E-state index in [1.165, 1.54) is 11.8 Å². The van der Waals surface area contributed by atoms with E-state index in [2.05, 4.69) is 20.5 Å². The summed E-state index contributed by atoms with van der Waals surface area (Å²) in [4.78, 5) is 31.1. The van der Waals surface area contributed by atoms with Gasteiger partial charge in [0, 0.05) is 31.9 Å². The lowest BCUT2D eigenvalue weighted by atomic mass is 10.2. The van der Waals surface area contributed by atoms with Crippen molar-refractivity contribution in [3.63, 3.8) is 0 Å². The van der Waals surface area contributed by atoms with E-state index in [4.69, 9.17) is 4.74 Å². The number of amides is 3. The molecule has 2 N–H and O–H groups in total. The van der Waals surface area contributed by atoms with Crippen molar-refractivity contribution >= 4 is 23.9 Å². The number of fused-ring (bicyclic) bond motifs is 1. The molecule has 2 fully saturated rings. The van der Waals surface area contributed by atoms with E-state index in [1.807, 2.05) is 6.92 Å². The number of aromatic nitrogens is 3. The first kappa shape index (κ1) is 14.9. The highest BCUT2D eigenvalue weighted by Crippen LogP contribution is 2.17. The summed E-state index contributed by atoms with van der Waals surface area (Å²) in [6.45, 7) is 4.33. The van der Waals surface area contributed by atoms with Gasteiger partial charge in [0.1, 0.15) is 12.4 Å². The Morgan fingerprint density at radius 2 is 2.41 bits per heavy atom. The number of hydrogen-bond acceptors (Lipinski definition) is 6. The fraction of sp³-hybridized carbons (Fsp3) is 0.667. The predicted octanol–water partition coefficient (Wildman–Crippen LogP) is 0.0512. The highest BCUT2D eigenvalue weighted by atomic mass is 32.2. The van der Waals surface area contributed by atoms with Crippen molar-refractivity contribution in [1.82, 2.24) is 30.3 Å². The van der Waals surface area contributed by atoms with Crippen LogP contribution in [0.5, 0.6) is 0 Å². The summed E-state index contributed by atoms with van der Waals surface area (Å²) in [6.07, 6.45) is -0.275. The number of carbonyl (C=O) groups excluding carboxylic acids is 2. The molecule has 2 aliphatic heterocycles. The van der Waals surface area contributed by atoms with Crippen molar-refractivity contribution in [3.05, 3.63) is 5.82 Å². The first-order valence-corrected chi connectivity index (χ1v) is 8.10. The number of ether oxygens (including phenoxy) is 1. The van der Waals surface area contributed by atoms with Crippen LogP contribution in [0.2, 0.25) is 0 Å². The van der Waals surface area contributed by atoms with Gasteiger partial charge in [0.2, 0.25) is 5.16 Å². The molecule has 3 amide bonds. The third-order valence-electron chi connectivity index (χ3n) is 3.59. The maximum absolute atomic E-state index is 12.1. The number of aromatic amines is 1. The Morgan fingerprint density at radius 3 is 3.18 bits per heavy atom. The van der Waals surface area contributed by atoms with Crippen molar-refractivity contribution < 1.29 is 14.3 Å². The molecule has 120 valence electrons. The highest BCUT2D eigenvalue weighted by molar-refractivity contribution is 7.99. The Labute approximate surface area is 131 Å². The van der Waals surface area contributed by atoms with Crippen LogP contribution in [0.1, 0.15) is 5.82 Å². The Balaban J connectivity index is 1.38. The second-order valence-corrected chi connectivity index (χ2v) is 6.22. The molecule has 2 saturated heterocycles. The standard InChI is InChI=1S/C12H18N6O3S/c1-8-14-10(16-15-8)22-5-2-13-11(19)17-3-4-18-9(6-17)7-21-12(18)20/h9H,2-7H2,1H3,(H,13,19)(H,14,15,16)/t9-/m0/s1. The molecule has 1 atom stereocenters. The minimum absolute atomic E-state index is 0.0161. The van der Waals surface area contributed by atoms with Gasteiger partial charge < -0.3 is 15.0 Å². The lowest BCUT2D eigenvalue weighted by Gasteiger charge is -2.35. The second kappa shape index (κ2) is 6.42. The largest absolute Gasteiger partial charge is 0.447 e. The van der Waals surface area contributed by atoms with Gasteiger partial charge in [-0.15, -0.1) is 5.10 Å². The van der Waals surface area contributed by atoms with Crippen LogP contribution in [0.25, 0.3) is 0 Å². The summed E-state index contributed by atoms with van der Waals surface area (Å²) in [6, 6.07) is -0.122. The summed E-state index contributed by atoms with van der Waals surface area (Å²) < 4.78 is 4.99. The van der Waals surface area contributed by atoms with Gasteiger partial charge >= 0.3 is 12.1 Å². The zero-order valence-electron chi connectivity index (χ0n) is 12.2. The number of thioether (sulfide) groups is 1. The van der Waals surface area contributed by atoms with Gasteiger partial charge in [-0.3, -0.25) is 10.00 Å². The molecule has 0 unspecified atom stereocenters. The average Bonchev–Trinajstić information content (AvgIpc) is 3.09. The van der Waals surface area contributed by atoms with Crippen LogP contribution in [0.15, 0.2) is 5.16 Å². The maximum atomic E-state index is 12.1. The molecule has 3 rings (SSSR count). The van der Waals surface area contributed by atoms with Crippen LogP contribution < -0.4 is 5.32 Å². The first-order chi connectivity index (χ1) is 10.6. The molecule has 2 aliphatic rings. The van der Waals surface area contributed by atoms with Crippen molar-refractivity contribution in [3.8, 4) is 0 Å². The number of nitrogens with one attached hydrogen (secondary N) is 2. The number of nitrogens with zero attached hydrogens (tertiary/aromatic N) is 4. The van der Waals surface area contributed by atoms with Crippen LogP contribution >= 0.6 is 11.8 Å². The molecule has 0 aliphatic carbocycles.